The number of thiocarbonyl (C=S) groups is 1. The van der Waals surface area contributed by atoms with Crippen LogP contribution in [0.1, 0.15) is 36.2 Å². The molecule has 1 aromatic heterocycles. The molecule has 2 atom stereocenters. The molecule has 3 heterocycles. The molecule has 6 rings (SSSR count). The fraction of sp³-hybridized carbons (Fsp3) is 0.312. The van der Waals surface area contributed by atoms with Gasteiger partial charge in [-0.2, -0.15) is 0 Å². The highest BCUT2D eigenvalue weighted by Gasteiger charge is 2.51. The Bertz CT molecular complexity index is 1610. The summed E-state index contributed by atoms with van der Waals surface area (Å²) in [5, 5.41) is 2.21. The van der Waals surface area contributed by atoms with Crippen LogP contribution in [0.15, 0.2) is 71.2 Å². The largest absolute Gasteiger partial charge is 0.494 e. The molecule has 4 aromatic rings. The van der Waals surface area contributed by atoms with Crippen LogP contribution in [0.25, 0.3) is 10.9 Å². The zero-order valence-corrected chi connectivity index (χ0v) is 26.6. The smallest absolute Gasteiger partial charge is 0.256 e. The number of hydrogen-bond acceptors (Lipinski definition) is 5. The summed E-state index contributed by atoms with van der Waals surface area (Å²) in [6, 6.07) is 20.9. The number of carbonyl (C=O) groups excluding carboxylic acids is 1. The number of fused-ring (bicyclic) bond motifs is 4. The lowest BCUT2D eigenvalue weighted by atomic mass is 9.89. The number of aromatic nitrogens is 1. The van der Waals surface area contributed by atoms with E-state index in [1.165, 1.54) is 0 Å². The van der Waals surface area contributed by atoms with Crippen molar-refractivity contribution in [2.45, 2.75) is 31.8 Å². The Morgan fingerprint density at radius 3 is 2.62 bits per heavy atom. The van der Waals surface area contributed by atoms with Crippen molar-refractivity contribution in [3.8, 4) is 5.75 Å². The van der Waals surface area contributed by atoms with E-state index in [-0.39, 0.29) is 11.9 Å². The second-order valence-corrected chi connectivity index (χ2v) is 12.4. The molecule has 2 unspecified atom stereocenters. The second-order valence-electron chi connectivity index (χ2n) is 10.6. The van der Waals surface area contributed by atoms with Gasteiger partial charge >= 0.3 is 0 Å². The zero-order chi connectivity index (χ0) is 29.4. The van der Waals surface area contributed by atoms with Crippen LogP contribution in [0, 0.1) is 0 Å². The van der Waals surface area contributed by atoms with Crippen LogP contribution in [0.2, 0.25) is 5.02 Å². The fourth-order valence-electron chi connectivity index (χ4n) is 5.85. The van der Waals surface area contributed by atoms with Crippen molar-refractivity contribution in [2.24, 2.45) is 0 Å². The molecule has 1 amide bonds. The fourth-order valence-corrected chi connectivity index (χ4v) is 6.77. The maximum absolute atomic E-state index is 14.0. The minimum atomic E-state index is -0.423. The molecule has 42 heavy (non-hydrogen) atoms. The van der Waals surface area contributed by atoms with Crippen LogP contribution in [-0.4, -0.2) is 65.4 Å². The van der Waals surface area contributed by atoms with Crippen molar-refractivity contribution in [3.63, 3.8) is 0 Å². The maximum Gasteiger partial charge on any atom is 0.256 e. The number of H-pyrrole nitrogens is 1. The van der Waals surface area contributed by atoms with Crippen LogP contribution < -0.4 is 9.64 Å². The molecule has 3 aromatic carbocycles. The van der Waals surface area contributed by atoms with Crippen LogP contribution in [0.4, 0.5) is 5.69 Å². The molecule has 2 aliphatic heterocycles. The Balaban J connectivity index is 1.30. The van der Waals surface area contributed by atoms with Gasteiger partial charge in [0, 0.05) is 45.7 Å². The maximum atomic E-state index is 14.0. The molecule has 1 fully saturated rings. The molecule has 218 valence electrons. The van der Waals surface area contributed by atoms with Crippen molar-refractivity contribution >= 4 is 67.4 Å². The third kappa shape index (κ3) is 5.56. The number of benzene rings is 3. The van der Waals surface area contributed by atoms with Gasteiger partial charge in [0.2, 0.25) is 0 Å². The minimum Gasteiger partial charge on any atom is -0.494 e. The predicted octanol–water partition coefficient (Wildman–Crippen LogP) is 6.93. The molecule has 0 aliphatic carbocycles. The van der Waals surface area contributed by atoms with Crippen molar-refractivity contribution in [1.82, 2.24) is 14.8 Å². The first kappa shape index (κ1) is 29.1. The van der Waals surface area contributed by atoms with Crippen molar-refractivity contribution in [2.75, 3.05) is 38.4 Å². The lowest BCUT2D eigenvalue weighted by molar-refractivity contribution is -0.120. The van der Waals surface area contributed by atoms with E-state index < -0.39 is 6.04 Å². The van der Waals surface area contributed by atoms with E-state index in [4.69, 9.17) is 33.3 Å². The van der Waals surface area contributed by atoms with Gasteiger partial charge in [-0.1, -0.05) is 39.7 Å². The molecule has 0 saturated carbocycles. The SMILES string of the molecule is CCOCN(C)CCCOc1ccc(C2c3[nH]c4ccc(Br)cc4c3CC3C(=O)N(c4ccc(Cl)cc4)C(=S)N32)cc1. The number of ether oxygens (including phenoxy) is 2. The first-order valence-corrected chi connectivity index (χ1v) is 15.6. The van der Waals surface area contributed by atoms with E-state index in [0.29, 0.717) is 36.5 Å². The quantitative estimate of drug-likeness (QED) is 0.113. The van der Waals surface area contributed by atoms with Crippen molar-refractivity contribution in [1.29, 1.82) is 0 Å². The van der Waals surface area contributed by atoms with Gasteiger partial charge in [-0.15, -0.1) is 0 Å². The van der Waals surface area contributed by atoms with Gasteiger partial charge in [-0.25, -0.2) is 0 Å². The molecular weight excluding hydrogens is 636 g/mol. The second kappa shape index (κ2) is 12.3. The normalized spacial score (nSPS) is 18.2. The highest BCUT2D eigenvalue weighted by molar-refractivity contribution is 9.10. The Labute approximate surface area is 264 Å². The first-order chi connectivity index (χ1) is 20.4. The summed E-state index contributed by atoms with van der Waals surface area (Å²) in [7, 11) is 2.04. The monoisotopic (exact) mass is 666 g/mol. The Hall–Kier alpha value is -2.95. The molecule has 10 heteroatoms. The topological polar surface area (TPSA) is 61.0 Å². The molecular formula is C32H32BrClN4O3S. The number of nitrogens with one attached hydrogen (secondary N) is 1. The van der Waals surface area contributed by atoms with E-state index >= 15 is 0 Å². The third-order valence-corrected chi connectivity index (χ3v) is 8.99. The zero-order valence-electron chi connectivity index (χ0n) is 23.5. The molecule has 7 nitrogen and oxygen atoms in total. The number of aromatic amines is 1. The summed E-state index contributed by atoms with van der Waals surface area (Å²) >= 11 is 15.8. The molecule has 1 N–H and O–H groups in total. The van der Waals surface area contributed by atoms with Gasteiger partial charge < -0.3 is 19.4 Å². The Kier molecular flexibility index (Phi) is 8.56. The molecule has 0 spiro atoms. The third-order valence-electron chi connectivity index (χ3n) is 7.85. The van der Waals surface area contributed by atoms with Crippen LogP contribution in [0.3, 0.4) is 0 Å². The lowest BCUT2D eigenvalue weighted by Crippen LogP contribution is -2.44. The van der Waals surface area contributed by atoms with Crippen LogP contribution >= 0.6 is 39.7 Å². The van der Waals surface area contributed by atoms with Gasteiger partial charge in [0.25, 0.3) is 5.91 Å². The van der Waals surface area contributed by atoms with E-state index in [2.05, 4.69) is 55.0 Å². The summed E-state index contributed by atoms with van der Waals surface area (Å²) in [6.07, 6.45) is 1.46. The van der Waals surface area contributed by atoms with E-state index in [9.17, 15) is 4.79 Å². The summed E-state index contributed by atoms with van der Waals surface area (Å²) in [5.74, 6) is 0.777. The summed E-state index contributed by atoms with van der Waals surface area (Å²) in [5.41, 5.74) is 4.98. The van der Waals surface area contributed by atoms with Crippen LogP contribution in [0.5, 0.6) is 5.75 Å². The average Bonchev–Trinajstić information content (AvgIpc) is 3.47. The highest BCUT2D eigenvalue weighted by Crippen LogP contribution is 2.45. The van der Waals surface area contributed by atoms with Gasteiger partial charge in [-0.3, -0.25) is 14.6 Å². The van der Waals surface area contributed by atoms with E-state index in [0.717, 1.165) is 56.6 Å². The Morgan fingerprint density at radius 2 is 1.88 bits per heavy atom. The Morgan fingerprint density at radius 1 is 1.12 bits per heavy atom. The number of halogens is 2. The van der Waals surface area contributed by atoms with E-state index in [1.807, 2.05) is 44.3 Å². The number of hydrogen-bond donors (Lipinski definition) is 1. The number of nitrogens with zero attached hydrogens (tertiary/aromatic N) is 3. The average molecular weight is 668 g/mol. The number of amides is 1. The van der Waals surface area contributed by atoms with Gasteiger partial charge in [0.05, 0.1) is 25.1 Å². The number of carbonyl (C=O) groups is 1. The molecule has 0 bridgehead atoms. The summed E-state index contributed by atoms with van der Waals surface area (Å²) in [4.78, 5) is 23.5. The van der Waals surface area contributed by atoms with Gasteiger partial charge in [-0.05, 0) is 98.3 Å². The predicted molar refractivity (Wildman–Crippen MR) is 174 cm³/mol. The molecule has 1 saturated heterocycles. The van der Waals surface area contributed by atoms with Crippen LogP contribution in [-0.2, 0) is 16.0 Å². The summed E-state index contributed by atoms with van der Waals surface area (Å²) < 4.78 is 12.5. The van der Waals surface area contributed by atoms with Gasteiger partial charge in [0.1, 0.15) is 11.8 Å². The first-order valence-electron chi connectivity index (χ1n) is 14.1. The minimum absolute atomic E-state index is 0.0309. The molecule has 0 radical (unpaired) electrons. The van der Waals surface area contributed by atoms with E-state index in [1.54, 1.807) is 17.0 Å². The van der Waals surface area contributed by atoms with Crippen molar-refractivity contribution in [3.05, 3.63) is 93.0 Å². The lowest BCUT2D eigenvalue weighted by Gasteiger charge is -2.37. The number of rotatable bonds is 10. The van der Waals surface area contributed by atoms with Crippen molar-refractivity contribution < 1.29 is 14.3 Å². The standard InChI is InChI=1S/C32H32BrClN4O3S/c1-3-40-19-36(2)15-4-16-41-24-12-5-20(6-13-24)30-29-26(25-17-21(33)7-14-27(25)35-29)18-28-31(39)37(32(42)38(28)30)23-10-8-22(34)9-11-23/h5-14,17,28,30,35H,3-4,15-16,18-19H2,1-2H3. The molecule has 2 aliphatic rings. The highest BCUT2D eigenvalue weighted by atomic mass is 79.9. The summed E-state index contributed by atoms with van der Waals surface area (Å²) in [6.45, 7) is 4.84. The van der Waals surface area contributed by atoms with Gasteiger partial charge in [0.15, 0.2) is 5.11 Å². The number of anilines is 1.